The first-order chi connectivity index (χ1) is 5.02. The summed E-state index contributed by atoms with van der Waals surface area (Å²) in [6, 6.07) is 0. The van der Waals surface area contributed by atoms with Crippen LogP contribution in [0.25, 0.3) is 0 Å². The van der Waals surface area contributed by atoms with Gasteiger partial charge in [-0.1, -0.05) is 22.6 Å². The van der Waals surface area contributed by atoms with Crippen LogP contribution in [-0.2, 0) is 13.6 Å². The Balaban J connectivity index is 3.81. The highest BCUT2D eigenvalue weighted by atomic mass is 127. The molecular formula is C5H12IO4P. The zero-order valence-corrected chi connectivity index (χ0v) is 9.54. The molecule has 0 aliphatic carbocycles. The van der Waals surface area contributed by atoms with Gasteiger partial charge in [0.1, 0.15) is 0 Å². The maximum atomic E-state index is 10.9. The van der Waals surface area contributed by atoms with Gasteiger partial charge in [0.05, 0.1) is 12.7 Å². The number of hydrogen-bond donors (Lipinski definition) is 1. The highest BCUT2D eigenvalue weighted by molar-refractivity contribution is 14.1. The summed E-state index contributed by atoms with van der Waals surface area (Å²) in [6.45, 7) is 3.54. The molecule has 1 N–H and O–H groups in total. The number of rotatable bonds is 5. The third-order valence-corrected chi connectivity index (χ3v) is 3.27. The van der Waals surface area contributed by atoms with Gasteiger partial charge in [-0.25, -0.2) is 4.57 Å². The lowest BCUT2D eigenvalue weighted by Crippen LogP contribution is -2.08. The average Bonchev–Trinajstić information content (AvgIpc) is 1.86. The van der Waals surface area contributed by atoms with E-state index in [1.165, 1.54) is 0 Å². The molecule has 68 valence electrons. The Bertz CT molecular complexity index is 151. The lowest BCUT2D eigenvalue weighted by Gasteiger charge is -2.14. The van der Waals surface area contributed by atoms with Crippen LogP contribution in [0.15, 0.2) is 0 Å². The third kappa shape index (κ3) is 6.04. The van der Waals surface area contributed by atoms with Crippen molar-refractivity contribution in [2.75, 3.05) is 11.0 Å². The smallest absolute Gasteiger partial charge is 0.302 e. The van der Waals surface area contributed by atoms with Crippen LogP contribution < -0.4 is 0 Å². The van der Waals surface area contributed by atoms with E-state index in [2.05, 4.69) is 27.1 Å². The molecule has 0 aliphatic heterocycles. The molecule has 0 heterocycles. The van der Waals surface area contributed by atoms with Crippen LogP contribution in [0.2, 0.25) is 0 Å². The van der Waals surface area contributed by atoms with Crippen molar-refractivity contribution in [3.63, 3.8) is 0 Å². The highest BCUT2D eigenvalue weighted by Gasteiger charge is 2.22. The van der Waals surface area contributed by atoms with Crippen molar-refractivity contribution in [2.24, 2.45) is 0 Å². The summed E-state index contributed by atoms with van der Waals surface area (Å²) < 4.78 is 20.7. The van der Waals surface area contributed by atoms with Crippen molar-refractivity contribution in [1.29, 1.82) is 0 Å². The van der Waals surface area contributed by atoms with Gasteiger partial charge in [-0.3, -0.25) is 9.05 Å². The van der Waals surface area contributed by atoms with Gasteiger partial charge in [0.2, 0.25) is 0 Å². The summed E-state index contributed by atoms with van der Waals surface area (Å²) in [7, 11) is -3.77. The Morgan fingerprint density at radius 1 is 1.73 bits per heavy atom. The molecule has 0 aromatic rings. The van der Waals surface area contributed by atoms with Crippen molar-refractivity contribution in [3.05, 3.63) is 0 Å². The number of hydrogen-bond acceptors (Lipinski definition) is 3. The van der Waals surface area contributed by atoms with E-state index in [0.717, 1.165) is 0 Å². The molecule has 4 nitrogen and oxygen atoms in total. The van der Waals surface area contributed by atoms with E-state index in [-0.39, 0.29) is 12.7 Å². The molecule has 0 amide bonds. The molecule has 0 bridgehead atoms. The monoisotopic (exact) mass is 294 g/mol. The summed E-state index contributed by atoms with van der Waals surface area (Å²) in [6.07, 6.45) is -0.252. The van der Waals surface area contributed by atoms with Gasteiger partial charge < -0.3 is 4.89 Å². The number of halogens is 1. The molecule has 0 saturated heterocycles. The van der Waals surface area contributed by atoms with Crippen molar-refractivity contribution in [3.8, 4) is 0 Å². The minimum absolute atomic E-state index is 0.182. The predicted octanol–water partition coefficient (Wildman–Crippen LogP) is 1.96. The fourth-order valence-corrected chi connectivity index (χ4v) is 1.83. The Kier molecular flexibility index (Phi) is 5.90. The van der Waals surface area contributed by atoms with E-state index < -0.39 is 7.82 Å². The first-order valence-corrected chi connectivity index (χ1v) is 6.25. The molecule has 0 saturated carbocycles. The van der Waals surface area contributed by atoms with Crippen LogP contribution in [0.3, 0.4) is 0 Å². The van der Waals surface area contributed by atoms with Crippen molar-refractivity contribution in [1.82, 2.24) is 0 Å². The van der Waals surface area contributed by atoms with Gasteiger partial charge in [-0.2, -0.15) is 0 Å². The number of alkyl halides is 1. The predicted molar refractivity (Wildman–Crippen MR) is 50.9 cm³/mol. The number of phosphoric acid groups is 1. The molecule has 0 aliphatic rings. The maximum absolute atomic E-state index is 10.9. The van der Waals surface area contributed by atoms with Crippen LogP contribution in [-0.4, -0.2) is 22.0 Å². The molecule has 0 aromatic heterocycles. The van der Waals surface area contributed by atoms with Crippen LogP contribution in [0.5, 0.6) is 0 Å². The van der Waals surface area contributed by atoms with Gasteiger partial charge in [-0.05, 0) is 13.8 Å². The van der Waals surface area contributed by atoms with Crippen molar-refractivity contribution < 1.29 is 18.5 Å². The van der Waals surface area contributed by atoms with E-state index in [9.17, 15) is 4.57 Å². The van der Waals surface area contributed by atoms with Gasteiger partial charge >= 0.3 is 7.82 Å². The Morgan fingerprint density at radius 2 is 2.27 bits per heavy atom. The second-order valence-electron chi connectivity index (χ2n) is 1.96. The SMILES string of the molecule is CCOP(=O)(O)OC(C)CI. The normalized spacial score (nSPS) is 19.3. The van der Waals surface area contributed by atoms with Crippen LogP contribution in [0, 0.1) is 0 Å². The second kappa shape index (κ2) is 5.48. The summed E-state index contributed by atoms with van der Waals surface area (Å²) in [5, 5.41) is 0. The lowest BCUT2D eigenvalue weighted by atomic mass is 10.5. The zero-order chi connectivity index (χ0) is 8.91. The first kappa shape index (κ1) is 11.8. The van der Waals surface area contributed by atoms with Gasteiger partial charge in [-0.15, -0.1) is 0 Å². The van der Waals surface area contributed by atoms with Crippen molar-refractivity contribution in [2.45, 2.75) is 20.0 Å². The first-order valence-electron chi connectivity index (χ1n) is 3.23. The molecule has 2 unspecified atom stereocenters. The Morgan fingerprint density at radius 3 is 2.64 bits per heavy atom. The van der Waals surface area contributed by atoms with Crippen LogP contribution in [0.4, 0.5) is 0 Å². The minimum Gasteiger partial charge on any atom is -0.302 e. The summed E-state index contributed by atoms with van der Waals surface area (Å²) in [4.78, 5) is 8.92. The number of phosphoric ester groups is 1. The summed E-state index contributed by atoms with van der Waals surface area (Å²) in [5.41, 5.74) is 0. The summed E-state index contributed by atoms with van der Waals surface area (Å²) >= 11 is 2.07. The van der Waals surface area contributed by atoms with Crippen LogP contribution in [0.1, 0.15) is 13.8 Å². The van der Waals surface area contributed by atoms with Gasteiger partial charge in [0.25, 0.3) is 0 Å². The van der Waals surface area contributed by atoms with Gasteiger partial charge in [0.15, 0.2) is 0 Å². The van der Waals surface area contributed by atoms with E-state index in [1.807, 2.05) is 0 Å². The third-order valence-electron chi connectivity index (χ3n) is 0.823. The van der Waals surface area contributed by atoms with E-state index in [4.69, 9.17) is 9.42 Å². The molecule has 6 heteroatoms. The highest BCUT2D eigenvalue weighted by Crippen LogP contribution is 2.44. The van der Waals surface area contributed by atoms with Crippen LogP contribution >= 0.6 is 30.4 Å². The van der Waals surface area contributed by atoms with E-state index >= 15 is 0 Å². The molecule has 0 aromatic carbocycles. The Labute approximate surface area is 80.0 Å². The summed E-state index contributed by atoms with van der Waals surface area (Å²) in [5.74, 6) is 0. The average molecular weight is 294 g/mol. The molecule has 0 spiro atoms. The largest absolute Gasteiger partial charge is 0.472 e. The molecule has 2 atom stereocenters. The second-order valence-corrected chi connectivity index (χ2v) is 4.24. The molecule has 0 rings (SSSR count). The Hall–Kier alpha value is 0.840. The standard InChI is InChI=1S/C5H12IO4P/c1-3-9-11(7,8)10-5(2)4-6/h5H,3-4H2,1-2H3,(H,7,8). The van der Waals surface area contributed by atoms with Gasteiger partial charge in [0, 0.05) is 4.43 Å². The topological polar surface area (TPSA) is 55.8 Å². The van der Waals surface area contributed by atoms with Crippen molar-refractivity contribution >= 4 is 30.4 Å². The quantitative estimate of drug-likeness (QED) is 0.478. The molecule has 0 radical (unpaired) electrons. The van der Waals surface area contributed by atoms with E-state index in [0.29, 0.717) is 4.43 Å². The zero-order valence-electron chi connectivity index (χ0n) is 6.49. The molecular weight excluding hydrogens is 282 g/mol. The molecule has 0 fully saturated rings. The fourth-order valence-electron chi connectivity index (χ4n) is 0.449. The maximum Gasteiger partial charge on any atom is 0.472 e. The molecule has 11 heavy (non-hydrogen) atoms. The fraction of sp³-hybridized carbons (Fsp3) is 1.00. The lowest BCUT2D eigenvalue weighted by molar-refractivity contribution is 0.128. The van der Waals surface area contributed by atoms with E-state index in [1.54, 1.807) is 13.8 Å². The minimum atomic E-state index is -3.77.